The summed E-state index contributed by atoms with van der Waals surface area (Å²) in [6.07, 6.45) is 0.510. The number of hydrogen-bond acceptors (Lipinski definition) is 3. The van der Waals surface area contributed by atoms with Gasteiger partial charge in [-0.1, -0.05) is 6.07 Å². The van der Waals surface area contributed by atoms with Crippen LogP contribution >= 0.6 is 0 Å². The molecule has 1 aromatic heterocycles. The number of fused-ring (bicyclic) bond motifs is 1. The van der Waals surface area contributed by atoms with Gasteiger partial charge in [0, 0.05) is 18.4 Å². The summed E-state index contributed by atoms with van der Waals surface area (Å²) in [5, 5.41) is 3.40. The van der Waals surface area contributed by atoms with Gasteiger partial charge in [-0.3, -0.25) is 0 Å². The maximum atomic E-state index is 12.8. The second-order valence-electron chi connectivity index (χ2n) is 5.50. The fourth-order valence-electron chi connectivity index (χ4n) is 2.88. The van der Waals surface area contributed by atoms with Crippen molar-refractivity contribution in [3.63, 3.8) is 0 Å². The number of rotatable bonds is 3. The Kier molecular flexibility index (Phi) is 3.87. The molecule has 3 nitrogen and oxygen atoms in total. The molecule has 0 saturated carbocycles. The minimum Gasteiger partial charge on any atom is -0.301 e. The zero-order chi connectivity index (χ0) is 15.7. The first-order chi connectivity index (χ1) is 10.4. The lowest BCUT2D eigenvalue weighted by atomic mass is 10.0. The minimum absolute atomic E-state index is 0.0380. The van der Waals surface area contributed by atoms with Gasteiger partial charge in [0.1, 0.15) is 5.82 Å². The molecule has 3 rings (SSSR count). The summed E-state index contributed by atoms with van der Waals surface area (Å²) < 4.78 is 38.3. The van der Waals surface area contributed by atoms with Crippen molar-refractivity contribution in [1.29, 1.82) is 0 Å². The Hall–Kier alpha value is -1.95. The predicted molar refractivity (Wildman–Crippen MR) is 76.1 cm³/mol. The molecule has 0 unspecified atom stereocenters. The summed E-state index contributed by atoms with van der Waals surface area (Å²) in [5.41, 5.74) is 1.13. The van der Waals surface area contributed by atoms with Gasteiger partial charge in [0.25, 0.3) is 0 Å². The Morgan fingerprint density at radius 1 is 1.23 bits per heavy atom. The highest BCUT2D eigenvalue weighted by molar-refractivity contribution is 5.39. The lowest BCUT2D eigenvalue weighted by Crippen LogP contribution is -2.24. The highest BCUT2D eigenvalue weighted by Crippen LogP contribution is 2.37. The van der Waals surface area contributed by atoms with Crippen LogP contribution in [0.2, 0.25) is 0 Å². The summed E-state index contributed by atoms with van der Waals surface area (Å²) in [5.74, 6) is 0.683. The van der Waals surface area contributed by atoms with Crippen LogP contribution in [-0.2, 0) is 12.6 Å². The van der Waals surface area contributed by atoms with Crippen molar-refractivity contribution in [2.75, 3.05) is 0 Å². The van der Waals surface area contributed by atoms with Gasteiger partial charge in [0.15, 0.2) is 0 Å². The third-order valence-electron chi connectivity index (χ3n) is 3.97. The van der Waals surface area contributed by atoms with Gasteiger partial charge in [-0.15, -0.1) is 0 Å². The molecule has 0 bridgehead atoms. The first kappa shape index (κ1) is 15.0. The molecular formula is C16H16F3N3. The second-order valence-corrected chi connectivity index (χ2v) is 5.50. The van der Waals surface area contributed by atoms with Crippen LogP contribution in [0.15, 0.2) is 36.7 Å². The van der Waals surface area contributed by atoms with E-state index in [1.807, 2.05) is 6.92 Å². The number of hydrogen-bond donors (Lipinski definition) is 1. The largest absolute Gasteiger partial charge is 0.416 e. The molecule has 22 heavy (non-hydrogen) atoms. The maximum absolute atomic E-state index is 12.8. The van der Waals surface area contributed by atoms with Crippen LogP contribution in [0.5, 0.6) is 0 Å². The zero-order valence-corrected chi connectivity index (χ0v) is 12.1. The van der Waals surface area contributed by atoms with E-state index in [4.69, 9.17) is 0 Å². The molecule has 0 saturated heterocycles. The lowest BCUT2D eigenvalue weighted by Gasteiger charge is -2.19. The van der Waals surface area contributed by atoms with Crippen LogP contribution in [0, 0.1) is 0 Å². The van der Waals surface area contributed by atoms with E-state index < -0.39 is 11.7 Å². The predicted octanol–water partition coefficient (Wildman–Crippen LogP) is 3.83. The number of nitrogens with zero attached hydrogens (tertiary/aromatic N) is 2. The topological polar surface area (TPSA) is 37.8 Å². The fourth-order valence-corrected chi connectivity index (χ4v) is 2.88. The molecule has 1 aliphatic carbocycles. The van der Waals surface area contributed by atoms with Gasteiger partial charge >= 0.3 is 6.18 Å². The lowest BCUT2D eigenvalue weighted by molar-refractivity contribution is -0.137. The van der Waals surface area contributed by atoms with Gasteiger partial charge in [0.05, 0.1) is 11.6 Å². The summed E-state index contributed by atoms with van der Waals surface area (Å²) in [7, 11) is 0. The van der Waals surface area contributed by atoms with E-state index in [0.717, 1.165) is 23.6 Å². The minimum atomic E-state index is -4.29. The fraction of sp³-hybridized carbons (Fsp3) is 0.375. The summed E-state index contributed by atoms with van der Waals surface area (Å²) in [6, 6.07) is 5.74. The number of aromatic nitrogens is 2. The zero-order valence-electron chi connectivity index (χ0n) is 12.1. The van der Waals surface area contributed by atoms with E-state index in [0.29, 0.717) is 12.2 Å². The van der Waals surface area contributed by atoms with Crippen LogP contribution in [0.4, 0.5) is 13.2 Å². The van der Waals surface area contributed by atoms with E-state index in [1.54, 1.807) is 24.5 Å². The third kappa shape index (κ3) is 2.97. The first-order valence-corrected chi connectivity index (χ1v) is 7.18. The van der Waals surface area contributed by atoms with Crippen LogP contribution in [0.3, 0.4) is 0 Å². The van der Waals surface area contributed by atoms with E-state index >= 15 is 0 Å². The van der Waals surface area contributed by atoms with Crippen LogP contribution < -0.4 is 5.32 Å². The molecule has 0 radical (unpaired) electrons. The molecule has 2 atom stereocenters. The number of benzene rings is 1. The van der Waals surface area contributed by atoms with Gasteiger partial charge < -0.3 is 5.32 Å². The van der Waals surface area contributed by atoms with Gasteiger partial charge in [-0.2, -0.15) is 13.2 Å². The molecular weight excluding hydrogens is 291 g/mol. The highest BCUT2D eigenvalue weighted by Gasteiger charge is 2.33. The van der Waals surface area contributed by atoms with E-state index in [-0.39, 0.29) is 12.1 Å². The van der Waals surface area contributed by atoms with Crippen LogP contribution in [0.1, 0.15) is 47.9 Å². The Labute approximate surface area is 126 Å². The second kappa shape index (κ2) is 5.68. The quantitative estimate of drug-likeness (QED) is 0.936. The molecule has 1 aromatic carbocycles. The summed E-state index contributed by atoms with van der Waals surface area (Å²) in [4.78, 5) is 8.40. The number of nitrogens with one attached hydrogen (secondary N) is 1. The molecule has 116 valence electrons. The molecule has 1 N–H and O–H groups in total. The number of halogens is 3. The Bertz CT molecular complexity index is 655. The monoisotopic (exact) mass is 307 g/mol. The molecule has 2 aromatic rings. The van der Waals surface area contributed by atoms with Crippen LogP contribution in [-0.4, -0.2) is 9.97 Å². The molecule has 0 aliphatic heterocycles. The van der Waals surface area contributed by atoms with Crippen molar-refractivity contribution in [2.45, 2.75) is 38.0 Å². The Morgan fingerprint density at radius 2 is 1.95 bits per heavy atom. The SMILES string of the molecule is C[C@H](N[C@@H]1CCc2cc(C(F)(F)F)ccc21)c1ncccn1. The van der Waals surface area contributed by atoms with Gasteiger partial charge in [-0.25, -0.2) is 9.97 Å². The summed E-state index contributed by atoms with van der Waals surface area (Å²) >= 11 is 0. The molecule has 1 aliphatic rings. The van der Waals surface area contributed by atoms with Crippen molar-refractivity contribution in [3.05, 3.63) is 59.2 Å². The smallest absolute Gasteiger partial charge is 0.301 e. The van der Waals surface area contributed by atoms with Crippen molar-refractivity contribution >= 4 is 0 Å². The summed E-state index contributed by atoms with van der Waals surface area (Å²) in [6.45, 7) is 1.96. The van der Waals surface area contributed by atoms with Gasteiger partial charge in [-0.05, 0) is 49.1 Å². The average Bonchev–Trinajstić information content (AvgIpc) is 2.89. The van der Waals surface area contributed by atoms with E-state index in [2.05, 4.69) is 15.3 Å². The van der Waals surface area contributed by atoms with Crippen molar-refractivity contribution < 1.29 is 13.2 Å². The number of alkyl halides is 3. The molecule has 6 heteroatoms. The van der Waals surface area contributed by atoms with Crippen molar-refractivity contribution in [3.8, 4) is 0 Å². The Balaban J connectivity index is 1.77. The molecule has 0 amide bonds. The van der Waals surface area contributed by atoms with E-state index in [9.17, 15) is 13.2 Å². The molecule has 1 heterocycles. The van der Waals surface area contributed by atoms with Gasteiger partial charge in [0.2, 0.25) is 0 Å². The standard InChI is InChI=1S/C16H16F3N3/c1-10(15-20-7-2-8-21-15)22-14-6-3-11-9-12(16(17,18)19)4-5-13(11)14/h2,4-5,7-10,14,22H,3,6H2,1H3/t10-,14+/m0/s1. The van der Waals surface area contributed by atoms with Crippen molar-refractivity contribution in [2.24, 2.45) is 0 Å². The van der Waals surface area contributed by atoms with Crippen molar-refractivity contribution in [1.82, 2.24) is 15.3 Å². The maximum Gasteiger partial charge on any atom is 0.416 e. The molecule has 0 fully saturated rings. The number of aryl methyl sites for hydroxylation is 1. The first-order valence-electron chi connectivity index (χ1n) is 7.18. The highest BCUT2D eigenvalue weighted by atomic mass is 19.4. The normalized spacial score (nSPS) is 19.0. The Morgan fingerprint density at radius 3 is 2.64 bits per heavy atom. The average molecular weight is 307 g/mol. The molecule has 0 spiro atoms. The third-order valence-corrected chi connectivity index (χ3v) is 3.97. The van der Waals surface area contributed by atoms with Crippen LogP contribution in [0.25, 0.3) is 0 Å². The van der Waals surface area contributed by atoms with E-state index in [1.165, 1.54) is 6.07 Å².